The van der Waals surface area contributed by atoms with Gasteiger partial charge in [0.05, 0.1) is 11.3 Å². The second kappa shape index (κ2) is 4.96. The number of halogens is 1. The Morgan fingerprint density at radius 3 is 2.40 bits per heavy atom. The minimum Gasteiger partial charge on any atom is -0.478 e. The van der Waals surface area contributed by atoms with Crippen LogP contribution in [0.15, 0.2) is 42.5 Å². The Labute approximate surface area is 116 Å². The quantitative estimate of drug-likeness (QED) is 0.901. The van der Waals surface area contributed by atoms with Crippen LogP contribution in [-0.2, 0) is 12.8 Å². The molecular formula is C16H14FNO2. The summed E-state index contributed by atoms with van der Waals surface area (Å²) in [6.07, 6.45) is 1.65. The smallest absolute Gasteiger partial charge is 0.335 e. The Morgan fingerprint density at radius 1 is 1.15 bits per heavy atom. The van der Waals surface area contributed by atoms with Gasteiger partial charge in [0.1, 0.15) is 5.82 Å². The number of carbonyl (C=O) groups is 1. The summed E-state index contributed by atoms with van der Waals surface area (Å²) in [5.41, 5.74) is 2.87. The molecule has 0 spiro atoms. The van der Waals surface area contributed by atoms with E-state index >= 15 is 0 Å². The minimum atomic E-state index is -1.05. The fraction of sp³-hybridized carbons (Fsp3) is 0.188. The van der Waals surface area contributed by atoms with Crippen LogP contribution in [0.25, 0.3) is 0 Å². The van der Waals surface area contributed by atoms with Crippen molar-refractivity contribution in [3.63, 3.8) is 0 Å². The number of rotatable bonds is 3. The fourth-order valence-electron chi connectivity index (χ4n) is 2.65. The number of nitrogens with one attached hydrogen (secondary N) is 1. The van der Waals surface area contributed by atoms with E-state index < -0.39 is 11.8 Å². The average molecular weight is 271 g/mol. The van der Waals surface area contributed by atoms with Gasteiger partial charge in [-0.2, -0.15) is 0 Å². The van der Waals surface area contributed by atoms with E-state index in [0.29, 0.717) is 0 Å². The van der Waals surface area contributed by atoms with E-state index in [9.17, 15) is 9.18 Å². The van der Waals surface area contributed by atoms with E-state index in [1.807, 2.05) is 12.1 Å². The van der Waals surface area contributed by atoms with Crippen molar-refractivity contribution in [2.45, 2.75) is 18.9 Å². The molecule has 0 unspecified atom stereocenters. The van der Waals surface area contributed by atoms with Gasteiger partial charge in [0.25, 0.3) is 0 Å². The van der Waals surface area contributed by atoms with Crippen LogP contribution in [0.3, 0.4) is 0 Å². The van der Waals surface area contributed by atoms with Crippen molar-refractivity contribution in [1.29, 1.82) is 0 Å². The van der Waals surface area contributed by atoms with Crippen molar-refractivity contribution >= 4 is 11.7 Å². The molecule has 0 atom stereocenters. The lowest BCUT2D eigenvalue weighted by Gasteiger charge is -2.14. The predicted molar refractivity (Wildman–Crippen MR) is 74.6 cm³/mol. The SMILES string of the molecule is O=C(O)c1ccc(F)c(NC2Cc3ccccc3C2)c1. The van der Waals surface area contributed by atoms with Crippen LogP contribution in [0, 0.1) is 5.82 Å². The molecular weight excluding hydrogens is 257 g/mol. The summed E-state index contributed by atoms with van der Waals surface area (Å²) in [7, 11) is 0. The van der Waals surface area contributed by atoms with Gasteiger partial charge in [-0.25, -0.2) is 9.18 Å². The Balaban J connectivity index is 1.80. The van der Waals surface area contributed by atoms with Crippen LogP contribution in [0.1, 0.15) is 21.5 Å². The highest BCUT2D eigenvalue weighted by molar-refractivity contribution is 5.88. The molecule has 0 aliphatic heterocycles. The first-order valence-electron chi connectivity index (χ1n) is 6.49. The van der Waals surface area contributed by atoms with Crippen LogP contribution in [0.5, 0.6) is 0 Å². The molecule has 4 heteroatoms. The summed E-state index contributed by atoms with van der Waals surface area (Å²) in [5.74, 6) is -1.48. The molecule has 0 amide bonds. The van der Waals surface area contributed by atoms with Crippen LogP contribution in [-0.4, -0.2) is 17.1 Å². The first-order valence-corrected chi connectivity index (χ1v) is 6.49. The minimum absolute atomic E-state index is 0.0874. The average Bonchev–Trinajstić information content (AvgIpc) is 2.83. The van der Waals surface area contributed by atoms with E-state index in [4.69, 9.17) is 5.11 Å². The molecule has 2 N–H and O–H groups in total. The lowest BCUT2D eigenvalue weighted by Crippen LogP contribution is -2.20. The maximum atomic E-state index is 13.8. The first kappa shape index (κ1) is 12.7. The van der Waals surface area contributed by atoms with E-state index in [0.717, 1.165) is 12.8 Å². The van der Waals surface area contributed by atoms with E-state index in [2.05, 4.69) is 17.4 Å². The molecule has 1 aliphatic carbocycles. The number of benzene rings is 2. The monoisotopic (exact) mass is 271 g/mol. The molecule has 3 nitrogen and oxygen atoms in total. The largest absolute Gasteiger partial charge is 0.478 e. The van der Waals surface area contributed by atoms with Gasteiger partial charge in [-0.1, -0.05) is 24.3 Å². The molecule has 0 aromatic heterocycles. The van der Waals surface area contributed by atoms with Gasteiger partial charge in [-0.3, -0.25) is 0 Å². The van der Waals surface area contributed by atoms with Gasteiger partial charge >= 0.3 is 5.97 Å². The van der Waals surface area contributed by atoms with Gasteiger partial charge in [-0.05, 0) is 42.2 Å². The van der Waals surface area contributed by atoms with Crippen molar-refractivity contribution < 1.29 is 14.3 Å². The number of carboxylic acids is 1. The third-order valence-electron chi connectivity index (χ3n) is 3.62. The first-order chi connectivity index (χ1) is 9.63. The predicted octanol–water partition coefficient (Wildman–Crippen LogP) is 3.10. The molecule has 0 heterocycles. The highest BCUT2D eigenvalue weighted by atomic mass is 19.1. The summed E-state index contributed by atoms with van der Waals surface area (Å²) in [4.78, 5) is 10.9. The van der Waals surface area contributed by atoms with Crippen LogP contribution < -0.4 is 5.32 Å². The van der Waals surface area contributed by atoms with Crippen molar-refractivity contribution in [2.75, 3.05) is 5.32 Å². The molecule has 1 aliphatic rings. The molecule has 0 radical (unpaired) electrons. The van der Waals surface area contributed by atoms with Gasteiger partial charge in [0.2, 0.25) is 0 Å². The van der Waals surface area contributed by atoms with Gasteiger partial charge in [-0.15, -0.1) is 0 Å². The number of hydrogen-bond donors (Lipinski definition) is 2. The number of aromatic carboxylic acids is 1. The topological polar surface area (TPSA) is 49.3 Å². The molecule has 20 heavy (non-hydrogen) atoms. The normalized spacial score (nSPS) is 14.1. The molecule has 102 valence electrons. The van der Waals surface area contributed by atoms with E-state index in [1.165, 1.54) is 29.3 Å². The van der Waals surface area contributed by atoms with E-state index in [-0.39, 0.29) is 17.3 Å². The lowest BCUT2D eigenvalue weighted by atomic mass is 10.1. The van der Waals surface area contributed by atoms with Gasteiger partial charge in [0, 0.05) is 6.04 Å². The van der Waals surface area contributed by atoms with Crippen molar-refractivity contribution in [2.24, 2.45) is 0 Å². The standard InChI is InChI=1S/C16H14FNO2/c17-14-6-5-12(16(19)20)9-15(14)18-13-7-10-3-1-2-4-11(10)8-13/h1-6,9,13,18H,7-8H2,(H,19,20). The summed E-state index contributed by atoms with van der Waals surface area (Å²) < 4.78 is 13.8. The highest BCUT2D eigenvalue weighted by Crippen LogP contribution is 2.26. The maximum absolute atomic E-state index is 13.8. The molecule has 2 aromatic rings. The molecule has 3 rings (SSSR count). The Morgan fingerprint density at radius 2 is 1.80 bits per heavy atom. The zero-order chi connectivity index (χ0) is 14.1. The number of anilines is 1. The third kappa shape index (κ3) is 2.37. The van der Waals surface area contributed by atoms with Crippen molar-refractivity contribution in [3.8, 4) is 0 Å². The zero-order valence-electron chi connectivity index (χ0n) is 10.8. The second-order valence-electron chi connectivity index (χ2n) is 5.02. The molecule has 2 aromatic carbocycles. The summed E-state index contributed by atoms with van der Waals surface area (Å²) in [6.45, 7) is 0. The van der Waals surface area contributed by atoms with Gasteiger partial charge < -0.3 is 10.4 Å². The Kier molecular flexibility index (Phi) is 3.14. The van der Waals surface area contributed by atoms with Crippen molar-refractivity contribution in [1.82, 2.24) is 0 Å². The Hall–Kier alpha value is -2.36. The number of carboxylic acid groups (broad SMARTS) is 1. The zero-order valence-corrected chi connectivity index (χ0v) is 10.8. The van der Waals surface area contributed by atoms with Crippen LogP contribution in [0.2, 0.25) is 0 Å². The molecule has 0 saturated carbocycles. The Bertz CT molecular complexity index is 644. The van der Waals surface area contributed by atoms with E-state index in [1.54, 1.807) is 0 Å². The number of fused-ring (bicyclic) bond motifs is 1. The van der Waals surface area contributed by atoms with Crippen LogP contribution in [0.4, 0.5) is 10.1 Å². The highest BCUT2D eigenvalue weighted by Gasteiger charge is 2.21. The lowest BCUT2D eigenvalue weighted by molar-refractivity contribution is 0.0697. The molecule has 0 bridgehead atoms. The fourth-order valence-corrected chi connectivity index (χ4v) is 2.65. The maximum Gasteiger partial charge on any atom is 0.335 e. The molecule has 0 saturated heterocycles. The number of hydrogen-bond acceptors (Lipinski definition) is 2. The summed E-state index contributed by atoms with van der Waals surface area (Å²) in [5, 5.41) is 12.1. The summed E-state index contributed by atoms with van der Waals surface area (Å²) in [6, 6.07) is 12.0. The summed E-state index contributed by atoms with van der Waals surface area (Å²) >= 11 is 0. The third-order valence-corrected chi connectivity index (χ3v) is 3.62. The molecule has 0 fully saturated rings. The second-order valence-corrected chi connectivity index (χ2v) is 5.02. The van der Waals surface area contributed by atoms with Crippen molar-refractivity contribution in [3.05, 3.63) is 65.0 Å². The van der Waals surface area contributed by atoms with Gasteiger partial charge in [0.15, 0.2) is 0 Å². The van der Waals surface area contributed by atoms with Crippen LogP contribution >= 0.6 is 0 Å².